The van der Waals surface area contributed by atoms with E-state index in [4.69, 9.17) is 19.0 Å². The highest BCUT2D eigenvalue weighted by Crippen LogP contribution is 2.40. The van der Waals surface area contributed by atoms with Gasteiger partial charge in [0.2, 0.25) is 0 Å². The Kier molecular flexibility index (Phi) is 7.65. The molecule has 1 aromatic rings. The van der Waals surface area contributed by atoms with Crippen LogP contribution in [-0.4, -0.2) is 33.6 Å². The topological polar surface area (TPSA) is 65.0 Å². The van der Waals surface area contributed by atoms with Gasteiger partial charge in [-0.3, -0.25) is 4.79 Å². The molecule has 0 saturated heterocycles. The molecule has 0 saturated carbocycles. The molecule has 0 bridgehead atoms. The van der Waals surface area contributed by atoms with Gasteiger partial charge in [-0.1, -0.05) is 20.8 Å². The normalized spacial score (nSPS) is 12.3. The molecular weight excluding hydrogens is 336 g/mol. The maximum Gasteiger partial charge on any atom is 0.303 e. The van der Waals surface area contributed by atoms with Crippen LogP contribution in [0.3, 0.4) is 0 Å². The van der Waals surface area contributed by atoms with Crippen molar-refractivity contribution < 1.29 is 23.8 Å². The summed E-state index contributed by atoms with van der Waals surface area (Å²) < 4.78 is 17.3. The van der Waals surface area contributed by atoms with Gasteiger partial charge >= 0.3 is 5.97 Å². The van der Waals surface area contributed by atoms with Gasteiger partial charge in [0.15, 0.2) is 0 Å². The van der Waals surface area contributed by atoms with Gasteiger partial charge in [-0.05, 0) is 42.2 Å². The number of rotatable bonds is 9. The Morgan fingerprint density at radius 1 is 1.08 bits per heavy atom. The van der Waals surface area contributed by atoms with E-state index in [0.29, 0.717) is 19.6 Å². The molecule has 142 valence electrons. The summed E-state index contributed by atoms with van der Waals surface area (Å²) in [6, 6.07) is 3.99. The number of hydrogen-bond acceptors (Lipinski definition) is 4. The molecular formula is C19H32O5Si. The molecule has 0 spiro atoms. The van der Waals surface area contributed by atoms with Crippen molar-refractivity contribution in [1.29, 1.82) is 0 Å². The number of benzene rings is 1. The van der Waals surface area contributed by atoms with Gasteiger partial charge < -0.3 is 19.0 Å². The molecule has 0 amide bonds. The average molecular weight is 369 g/mol. The molecule has 1 aromatic carbocycles. The highest BCUT2D eigenvalue weighted by Gasteiger charge is 2.39. The van der Waals surface area contributed by atoms with E-state index in [2.05, 4.69) is 33.9 Å². The minimum absolute atomic E-state index is 0.0731. The third-order valence-corrected chi connectivity index (χ3v) is 9.02. The third kappa shape index (κ3) is 6.13. The van der Waals surface area contributed by atoms with Crippen LogP contribution >= 0.6 is 0 Å². The number of hydrogen-bond donors (Lipinski definition) is 1. The monoisotopic (exact) mass is 368 g/mol. The van der Waals surface area contributed by atoms with Crippen LogP contribution in [0, 0.1) is 0 Å². The quantitative estimate of drug-likeness (QED) is 0.655. The summed E-state index contributed by atoms with van der Waals surface area (Å²) in [5, 5.41) is 9.02. The Hall–Kier alpha value is -1.37. The predicted octanol–water partition coefficient (Wildman–Crippen LogP) is 4.38. The zero-order valence-corrected chi connectivity index (χ0v) is 17.6. The number of carboxylic acid groups (broad SMARTS) is 1. The Balaban J connectivity index is 3.34. The lowest BCUT2D eigenvalue weighted by atomic mass is 10.0. The first-order valence-electron chi connectivity index (χ1n) is 8.55. The van der Waals surface area contributed by atoms with Crippen molar-refractivity contribution in [3.8, 4) is 5.75 Å². The standard InChI is InChI=1S/C19H32O5Si/c1-19(2,3)25(6,7)24-18-15(12-22-4)10-14(8-9-17(20)21)11-16(18)13-23-5/h10-11H,8-9,12-13H2,1-7H3,(H,20,21). The van der Waals surface area contributed by atoms with E-state index in [-0.39, 0.29) is 11.5 Å². The summed E-state index contributed by atoms with van der Waals surface area (Å²) in [4.78, 5) is 10.9. The summed E-state index contributed by atoms with van der Waals surface area (Å²) in [5.41, 5.74) is 2.86. The summed E-state index contributed by atoms with van der Waals surface area (Å²) in [5.74, 6) is 0.0255. The zero-order chi connectivity index (χ0) is 19.3. The second-order valence-corrected chi connectivity index (χ2v) is 12.6. The van der Waals surface area contributed by atoms with E-state index in [1.165, 1.54) is 0 Å². The molecule has 0 aliphatic carbocycles. The molecule has 5 nitrogen and oxygen atoms in total. The van der Waals surface area contributed by atoms with Crippen molar-refractivity contribution in [3.05, 3.63) is 28.8 Å². The van der Waals surface area contributed by atoms with Gasteiger partial charge in [0, 0.05) is 31.8 Å². The molecule has 0 radical (unpaired) electrons. The van der Waals surface area contributed by atoms with Crippen molar-refractivity contribution >= 4 is 14.3 Å². The minimum Gasteiger partial charge on any atom is -0.543 e. The first kappa shape index (κ1) is 21.7. The summed E-state index contributed by atoms with van der Waals surface area (Å²) in [6.45, 7) is 11.9. The zero-order valence-electron chi connectivity index (χ0n) is 16.6. The van der Waals surface area contributed by atoms with Crippen LogP contribution in [0.1, 0.15) is 43.9 Å². The maximum atomic E-state index is 10.9. The molecule has 0 aliphatic rings. The summed E-state index contributed by atoms with van der Waals surface area (Å²) >= 11 is 0. The van der Waals surface area contributed by atoms with Crippen molar-refractivity contribution in [2.45, 2.75) is 65.0 Å². The van der Waals surface area contributed by atoms with Crippen LogP contribution in [0.15, 0.2) is 12.1 Å². The lowest BCUT2D eigenvalue weighted by molar-refractivity contribution is -0.136. The number of ether oxygens (including phenoxy) is 2. The van der Waals surface area contributed by atoms with Gasteiger partial charge in [-0.25, -0.2) is 0 Å². The molecule has 0 aliphatic heterocycles. The summed E-state index contributed by atoms with van der Waals surface area (Å²) in [6.07, 6.45) is 0.574. The van der Waals surface area contributed by atoms with Gasteiger partial charge in [0.1, 0.15) is 5.75 Å². The average Bonchev–Trinajstić information content (AvgIpc) is 2.47. The van der Waals surface area contributed by atoms with Gasteiger partial charge in [0.25, 0.3) is 8.32 Å². The van der Waals surface area contributed by atoms with E-state index < -0.39 is 14.3 Å². The van der Waals surface area contributed by atoms with Crippen LogP contribution in [0.25, 0.3) is 0 Å². The number of methoxy groups -OCH3 is 2. The summed E-state index contributed by atoms with van der Waals surface area (Å²) in [7, 11) is 1.27. The second-order valence-electron chi connectivity index (χ2n) is 7.87. The van der Waals surface area contributed by atoms with Gasteiger partial charge in [-0.15, -0.1) is 0 Å². The first-order chi connectivity index (χ1) is 11.5. The van der Waals surface area contributed by atoms with E-state index in [9.17, 15) is 4.79 Å². The van der Waals surface area contributed by atoms with E-state index in [1.54, 1.807) is 14.2 Å². The van der Waals surface area contributed by atoms with Crippen molar-refractivity contribution in [2.75, 3.05) is 14.2 Å². The molecule has 0 unspecified atom stereocenters. The lowest BCUT2D eigenvalue weighted by Gasteiger charge is -2.38. The third-order valence-electron chi connectivity index (χ3n) is 4.69. The molecule has 1 rings (SSSR count). The molecule has 0 fully saturated rings. The van der Waals surface area contributed by atoms with Crippen LogP contribution in [0.5, 0.6) is 5.75 Å². The van der Waals surface area contributed by atoms with Gasteiger partial charge in [0.05, 0.1) is 13.2 Å². The number of carboxylic acids is 1. The Labute approximate surface area is 152 Å². The second kappa shape index (κ2) is 8.83. The Morgan fingerprint density at radius 3 is 1.92 bits per heavy atom. The van der Waals surface area contributed by atoms with Crippen molar-refractivity contribution in [3.63, 3.8) is 0 Å². The van der Waals surface area contributed by atoms with E-state index >= 15 is 0 Å². The Morgan fingerprint density at radius 2 is 1.56 bits per heavy atom. The predicted molar refractivity (Wildman–Crippen MR) is 102 cm³/mol. The van der Waals surface area contributed by atoms with Crippen molar-refractivity contribution in [1.82, 2.24) is 0 Å². The largest absolute Gasteiger partial charge is 0.543 e. The maximum absolute atomic E-state index is 10.9. The number of aryl methyl sites for hydroxylation is 1. The number of carbonyl (C=O) groups is 1. The van der Waals surface area contributed by atoms with Crippen LogP contribution in [-0.2, 0) is 33.9 Å². The van der Waals surface area contributed by atoms with Crippen LogP contribution in [0.4, 0.5) is 0 Å². The fourth-order valence-electron chi connectivity index (χ4n) is 2.29. The molecule has 0 heterocycles. The number of aliphatic carboxylic acids is 1. The van der Waals surface area contributed by atoms with Crippen molar-refractivity contribution in [2.24, 2.45) is 0 Å². The van der Waals surface area contributed by atoms with Gasteiger partial charge in [-0.2, -0.15) is 0 Å². The lowest BCUT2D eigenvalue weighted by Crippen LogP contribution is -2.44. The fraction of sp³-hybridized carbons (Fsp3) is 0.632. The highest BCUT2D eigenvalue weighted by atomic mass is 28.4. The molecule has 0 atom stereocenters. The SMILES string of the molecule is COCc1cc(CCC(=O)O)cc(COC)c1O[Si](C)(C)C(C)(C)C. The van der Waals surface area contributed by atoms with Crippen LogP contribution in [0.2, 0.25) is 18.1 Å². The van der Waals surface area contributed by atoms with E-state index in [1.807, 2.05) is 12.1 Å². The minimum atomic E-state index is -2.03. The molecule has 25 heavy (non-hydrogen) atoms. The van der Waals surface area contributed by atoms with E-state index in [0.717, 1.165) is 22.4 Å². The Bertz CT molecular complexity index is 563. The molecule has 0 aromatic heterocycles. The fourth-order valence-corrected chi connectivity index (χ4v) is 3.37. The smallest absolute Gasteiger partial charge is 0.303 e. The highest BCUT2D eigenvalue weighted by molar-refractivity contribution is 6.74. The van der Waals surface area contributed by atoms with Crippen LogP contribution < -0.4 is 4.43 Å². The molecule has 6 heteroatoms. The molecule has 1 N–H and O–H groups in total. The first-order valence-corrected chi connectivity index (χ1v) is 11.5.